The van der Waals surface area contributed by atoms with Gasteiger partial charge in [0.15, 0.2) is 0 Å². The molecule has 3 aromatic carbocycles. The molecular weight excluding hydrogens is 552 g/mol. The van der Waals surface area contributed by atoms with Crippen molar-refractivity contribution in [2.45, 2.75) is 51.5 Å². The third-order valence-electron chi connectivity index (χ3n) is 8.78. The first-order chi connectivity index (χ1) is 21.0. The van der Waals surface area contributed by atoms with E-state index in [0.29, 0.717) is 17.3 Å². The fourth-order valence-corrected chi connectivity index (χ4v) is 7.74. The van der Waals surface area contributed by atoms with E-state index >= 15 is 0 Å². The van der Waals surface area contributed by atoms with Gasteiger partial charge >= 0.3 is 5.97 Å². The van der Waals surface area contributed by atoms with Gasteiger partial charge in [0.2, 0.25) is 0 Å². The summed E-state index contributed by atoms with van der Waals surface area (Å²) in [5.74, 6) is 0.343. The smallest absolute Gasteiger partial charge is 0.345 e. The van der Waals surface area contributed by atoms with E-state index in [1.54, 1.807) is 7.11 Å². The van der Waals surface area contributed by atoms with E-state index in [4.69, 9.17) is 9.72 Å². The summed E-state index contributed by atoms with van der Waals surface area (Å²) in [6.45, 7) is 2.71. The van der Waals surface area contributed by atoms with E-state index in [2.05, 4.69) is 78.2 Å². The third-order valence-corrected chi connectivity index (χ3v) is 9.93. The summed E-state index contributed by atoms with van der Waals surface area (Å²) in [6.07, 6.45) is 5.91. The highest BCUT2D eigenvalue weighted by atomic mass is 32.1. The summed E-state index contributed by atoms with van der Waals surface area (Å²) in [4.78, 5) is 17.5. The lowest BCUT2D eigenvalue weighted by Crippen LogP contribution is -2.08. The molecule has 1 aliphatic rings. The molecule has 0 saturated heterocycles. The second-order valence-electron chi connectivity index (χ2n) is 11.6. The van der Waals surface area contributed by atoms with Crippen LogP contribution in [0, 0.1) is 6.92 Å². The molecule has 0 radical (unpaired) electrons. The van der Waals surface area contributed by atoms with Gasteiger partial charge in [0.05, 0.1) is 34.2 Å². The van der Waals surface area contributed by atoms with Crippen molar-refractivity contribution >= 4 is 38.4 Å². The predicted molar refractivity (Wildman–Crippen MR) is 176 cm³/mol. The normalized spacial score (nSPS) is 14.0. The molecule has 0 atom stereocenters. The number of thiophene rings is 1. The zero-order valence-corrected chi connectivity index (χ0v) is 25.3. The molecule has 6 aromatic rings. The number of carboxylic acids is 1. The van der Waals surface area contributed by atoms with E-state index in [1.165, 1.54) is 47.4 Å². The number of fused-ring (bicyclic) bond motifs is 2. The SMILES string of the molecule is COc1cccc(Cn2c(-c3ccc4nc(-c5ccc(C)cc5)ccc4c3)c(C3CCCCC3)c3sc(C(=O)O)cc32)c1. The van der Waals surface area contributed by atoms with E-state index in [9.17, 15) is 9.90 Å². The van der Waals surface area contributed by atoms with Crippen molar-refractivity contribution in [2.24, 2.45) is 0 Å². The van der Waals surface area contributed by atoms with E-state index in [-0.39, 0.29) is 0 Å². The second-order valence-corrected chi connectivity index (χ2v) is 12.7. The predicted octanol–water partition coefficient (Wildman–Crippen LogP) is 9.70. The maximum absolute atomic E-state index is 12.1. The van der Waals surface area contributed by atoms with Crippen molar-refractivity contribution in [2.75, 3.05) is 7.11 Å². The fraction of sp³-hybridized carbons (Fsp3) is 0.243. The van der Waals surface area contributed by atoms with Crippen molar-refractivity contribution in [3.05, 3.63) is 106 Å². The lowest BCUT2D eigenvalue weighted by molar-refractivity contribution is 0.0702. The van der Waals surface area contributed by atoms with E-state index in [1.807, 2.05) is 18.2 Å². The number of rotatable bonds is 7. The van der Waals surface area contributed by atoms with Gasteiger partial charge in [-0.1, -0.05) is 73.4 Å². The Bertz CT molecular complexity index is 1960. The van der Waals surface area contributed by atoms with Crippen LogP contribution in [0.15, 0.2) is 84.9 Å². The van der Waals surface area contributed by atoms with Crippen molar-refractivity contribution in [3.8, 4) is 28.3 Å². The number of aromatic carboxylic acids is 1. The number of carbonyl (C=O) groups is 1. The number of aromatic nitrogens is 2. The molecule has 1 fully saturated rings. The molecule has 0 amide bonds. The van der Waals surface area contributed by atoms with Crippen molar-refractivity contribution in [1.29, 1.82) is 0 Å². The number of carboxylic acid groups (broad SMARTS) is 1. The van der Waals surface area contributed by atoms with Crippen LogP contribution in [0.4, 0.5) is 0 Å². The quantitative estimate of drug-likeness (QED) is 0.202. The number of nitrogens with zero attached hydrogens (tertiary/aromatic N) is 2. The Labute approximate surface area is 255 Å². The van der Waals surface area contributed by atoms with Gasteiger partial charge in [0.25, 0.3) is 0 Å². The van der Waals surface area contributed by atoms with Gasteiger partial charge in [-0.15, -0.1) is 11.3 Å². The summed E-state index contributed by atoms with van der Waals surface area (Å²) >= 11 is 1.42. The Kier molecular flexibility index (Phi) is 7.23. The van der Waals surface area contributed by atoms with Gasteiger partial charge in [-0.25, -0.2) is 9.78 Å². The van der Waals surface area contributed by atoms with Crippen LogP contribution >= 0.6 is 11.3 Å². The Morgan fingerprint density at radius 1 is 0.953 bits per heavy atom. The largest absolute Gasteiger partial charge is 0.497 e. The highest BCUT2D eigenvalue weighted by Crippen LogP contribution is 2.47. The molecule has 1 aliphatic carbocycles. The van der Waals surface area contributed by atoms with Gasteiger partial charge < -0.3 is 14.4 Å². The van der Waals surface area contributed by atoms with Crippen molar-refractivity contribution in [1.82, 2.24) is 9.55 Å². The second kappa shape index (κ2) is 11.3. The van der Waals surface area contributed by atoms with Gasteiger partial charge in [-0.3, -0.25) is 0 Å². The van der Waals surface area contributed by atoms with Crippen LogP contribution in [0.5, 0.6) is 5.75 Å². The first kappa shape index (κ1) is 27.4. The summed E-state index contributed by atoms with van der Waals surface area (Å²) < 4.78 is 8.98. The minimum absolute atomic E-state index is 0.388. The minimum Gasteiger partial charge on any atom is -0.497 e. The Morgan fingerprint density at radius 3 is 2.51 bits per heavy atom. The molecule has 5 nitrogen and oxygen atoms in total. The fourth-order valence-electron chi connectivity index (χ4n) is 6.61. The van der Waals surface area contributed by atoms with Gasteiger partial charge in [0, 0.05) is 17.5 Å². The van der Waals surface area contributed by atoms with E-state index in [0.717, 1.165) is 62.1 Å². The number of ether oxygens (including phenoxy) is 1. The van der Waals surface area contributed by atoms with Gasteiger partial charge in [-0.2, -0.15) is 0 Å². The minimum atomic E-state index is -0.869. The van der Waals surface area contributed by atoms with Crippen LogP contribution in [0.25, 0.3) is 43.6 Å². The van der Waals surface area contributed by atoms with Gasteiger partial charge in [-0.05, 0) is 78.8 Å². The lowest BCUT2D eigenvalue weighted by Gasteiger charge is -2.24. The van der Waals surface area contributed by atoms with Crippen LogP contribution in [-0.4, -0.2) is 27.7 Å². The molecule has 3 aromatic heterocycles. The summed E-state index contributed by atoms with van der Waals surface area (Å²) in [5, 5.41) is 11.0. The molecule has 43 heavy (non-hydrogen) atoms. The molecule has 0 bridgehead atoms. The van der Waals surface area contributed by atoms with Crippen LogP contribution in [0.3, 0.4) is 0 Å². The Balaban J connectivity index is 1.42. The average Bonchev–Trinajstić information content (AvgIpc) is 3.60. The number of methoxy groups -OCH3 is 1. The zero-order chi connectivity index (χ0) is 29.5. The van der Waals surface area contributed by atoms with Crippen LogP contribution in [-0.2, 0) is 6.54 Å². The lowest BCUT2D eigenvalue weighted by atomic mass is 9.83. The maximum atomic E-state index is 12.1. The van der Waals surface area contributed by atoms with E-state index < -0.39 is 5.97 Å². The van der Waals surface area contributed by atoms with Crippen molar-refractivity contribution in [3.63, 3.8) is 0 Å². The number of benzene rings is 3. The molecule has 0 spiro atoms. The first-order valence-electron chi connectivity index (χ1n) is 15.0. The average molecular weight is 587 g/mol. The number of hydrogen-bond donors (Lipinski definition) is 1. The molecule has 0 unspecified atom stereocenters. The standard InChI is InChI=1S/C37H34N2O3S/c1-23-11-13-25(14-12-23)30-17-15-27-20-28(16-18-31(27)38-30)35-34(26-8-4-3-5-9-26)36-32(21-33(43-36)37(40)41)39(35)22-24-7-6-10-29(19-24)42-2/h6-7,10-21,26H,3-5,8-9,22H2,1-2H3,(H,40,41). The molecule has 7 rings (SSSR count). The highest BCUT2D eigenvalue weighted by Gasteiger charge is 2.29. The van der Waals surface area contributed by atoms with Gasteiger partial charge in [0.1, 0.15) is 10.6 Å². The Morgan fingerprint density at radius 2 is 1.74 bits per heavy atom. The van der Waals surface area contributed by atoms with Crippen LogP contribution in [0.2, 0.25) is 0 Å². The molecule has 3 heterocycles. The highest BCUT2D eigenvalue weighted by molar-refractivity contribution is 7.21. The maximum Gasteiger partial charge on any atom is 0.345 e. The third kappa shape index (κ3) is 5.21. The van der Waals surface area contributed by atoms with Crippen LogP contribution < -0.4 is 4.74 Å². The number of pyridine rings is 1. The first-order valence-corrected chi connectivity index (χ1v) is 15.8. The molecule has 0 aliphatic heterocycles. The monoisotopic (exact) mass is 586 g/mol. The summed E-state index contributed by atoms with van der Waals surface area (Å²) in [5.41, 5.74) is 10.0. The Hall–Kier alpha value is -4.42. The molecule has 1 saturated carbocycles. The van der Waals surface area contributed by atoms with Crippen molar-refractivity contribution < 1.29 is 14.6 Å². The molecule has 1 N–H and O–H groups in total. The summed E-state index contributed by atoms with van der Waals surface area (Å²) in [7, 11) is 1.69. The van der Waals surface area contributed by atoms with Crippen LogP contribution in [0.1, 0.15) is 64.4 Å². The molecule has 6 heteroatoms. The molecular formula is C37H34N2O3S. The number of aryl methyl sites for hydroxylation is 1. The zero-order valence-electron chi connectivity index (χ0n) is 24.5. The topological polar surface area (TPSA) is 64.4 Å². The number of hydrogen-bond acceptors (Lipinski definition) is 4. The summed E-state index contributed by atoms with van der Waals surface area (Å²) in [6, 6.07) is 29.4. The molecule has 216 valence electrons.